The summed E-state index contributed by atoms with van der Waals surface area (Å²) in [5.41, 5.74) is 3.15. The van der Waals surface area contributed by atoms with Gasteiger partial charge in [0.1, 0.15) is 5.82 Å². The van der Waals surface area contributed by atoms with Crippen LogP contribution in [-0.4, -0.2) is 41.9 Å². The molecule has 0 spiro atoms. The summed E-state index contributed by atoms with van der Waals surface area (Å²) in [5.74, 6) is -0.440. The average molecular weight is 310 g/mol. The Bertz CT molecular complexity index is 746. The minimum Gasteiger partial charge on any atom is -0.335 e. The normalized spacial score (nSPS) is 20.7. The number of benzene rings is 2. The van der Waals surface area contributed by atoms with E-state index in [-0.39, 0.29) is 17.8 Å². The number of piperazine rings is 1. The maximum atomic E-state index is 13.4. The first-order valence-electron chi connectivity index (χ1n) is 8.09. The second kappa shape index (κ2) is 5.78. The summed E-state index contributed by atoms with van der Waals surface area (Å²) in [6.45, 7) is 3.30. The van der Waals surface area contributed by atoms with E-state index in [1.165, 1.54) is 23.3 Å². The summed E-state index contributed by atoms with van der Waals surface area (Å²) in [4.78, 5) is 17.0. The molecule has 0 N–H and O–H groups in total. The quantitative estimate of drug-likeness (QED) is 0.808. The van der Waals surface area contributed by atoms with Crippen molar-refractivity contribution < 1.29 is 9.18 Å². The summed E-state index contributed by atoms with van der Waals surface area (Å²) in [6.07, 6.45) is 1.07. The van der Waals surface area contributed by atoms with Crippen molar-refractivity contribution in [2.75, 3.05) is 26.2 Å². The van der Waals surface area contributed by atoms with Crippen LogP contribution in [0.15, 0.2) is 48.5 Å². The van der Waals surface area contributed by atoms with E-state index in [4.69, 9.17) is 0 Å². The topological polar surface area (TPSA) is 23.6 Å². The van der Waals surface area contributed by atoms with Crippen LogP contribution in [0, 0.1) is 5.82 Å². The number of fused-ring (bicyclic) bond motifs is 3. The predicted molar refractivity (Wildman–Crippen MR) is 86.8 cm³/mol. The van der Waals surface area contributed by atoms with Gasteiger partial charge in [0.15, 0.2) is 0 Å². The SMILES string of the molecule is O=C(c1cccc(F)c1)N1CCN2CCc3ccccc3C2C1. The van der Waals surface area contributed by atoms with Crippen molar-refractivity contribution in [3.05, 3.63) is 71.0 Å². The Hall–Kier alpha value is -2.20. The Morgan fingerprint density at radius 1 is 1.04 bits per heavy atom. The Morgan fingerprint density at radius 3 is 2.78 bits per heavy atom. The highest BCUT2D eigenvalue weighted by Crippen LogP contribution is 2.32. The second-order valence-electron chi connectivity index (χ2n) is 6.26. The van der Waals surface area contributed by atoms with Gasteiger partial charge < -0.3 is 4.90 Å². The van der Waals surface area contributed by atoms with Gasteiger partial charge in [0, 0.05) is 31.7 Å². The number of amides is 1. The summed E-state index contributed by atoms with van der Waals surface area (Å²) in [7, 11) is 0. The zero-order valence-corrected chi connectivity index (χ0v) is 12.9. The van der Waals surface area contributed by atoms with Gasteiger partial charge in [-0.2, -0.15) is 0 Å². The lowest BCUT2D eigenvalue weighted by Crippen LogP contribution is -2.52. The molecular formula is C19H19FN2O. The number of nitrogens with zero attached hydrogens (tertiary/aromatic N) is 2. The molecule has 2 aliphatic rings. The van der Waals surface area contributed by atoms with Crippen molar-refractivity contribution in [3.63, 3.8) is 0 Å². The van der Waals surface area contributed by atoms with E-state index < -0.39 is 0 Å². The number of carbonyl (C=O) groups is 1. The molecule has 4 rings (SSSR count). The lowest BCUT2D eigenvalue weighted by atomic mass is 9.91. The van der Waals surface area contributed by atoms with Gasteiger partial charge in [0.2, 0.25) is 0 Å². The van der Waals surface area contributed by atoms with E-state index in [2.05, 4.69) is 29.2 Å². The van der Waals surface area contributed by atoms with E-state index in [1.54, 1.807) is 12.1 Å². The number of carbonyl (C=O) groups excluding carboxylic acids is 1. The van der Waals surface area contributed by atoms with Crippen molar-refractivity contribution >= 4 is 5.91 Å². The van der Waals surface area contributed by atoms with Gasteiger partial charge in [-0.15, -0.1) is 0 Å². The first-order chi connectivity index (χ1) is 11.2. The van der Waals surface area contributed by atoms with Gasteiger partial charge in [-0.1, -0.05) is 30.3 Å². The molecule has 0 bridgehead atoms. The molecule has 0 saturated carbocycles. The first kappa shape index (κ1) is 14.4. The lowest BCUT2D eigenvalue weighted by Gasteiger charge is -2.44. The van der Waals surface area contributed by atoms with Crippen molar-refractivity contribution in [2.24, 2.45) is 0 Å². The number of halogens is 1. The minimum atomic E-state index is -0.363. The average Bonchev–Trinajstić information content (AvgIpc) is 2.60. The molecule has 1 saturated heterocycles. The van der Waals surface area contributed by atoms with Crippen molar-refractivity contribution in [3.8, 4) is 0 Å². The number of hydrogen-bond donors (Lipinski definition) is 0. The van der Waals surface area contributed by atoms with Gasteiger partial charge in [0.05, 0.1) is 6.04 Å². The molecular weight excluding hydrogens is 291 g/mol. The van der Waals surface area contributed by atoms with E-state index >= 15 is 0 Å². The van der Waals surface area contributed by atoms with Crippen LogP contribution in [0.5, 0.6) is 0 Å². The molecule has 1 atom stereocenters. The smallest absolute Gasteiger partial charge is 0.254 e. The molecule has 118 valence electrons. The zero-order valence-electron chi connectivity index (χ0n) is 12.9. The molecule has 4 heteroatoms. The molecule has 0 radical (unpaired) electrons. The van der Waals surface area contributed by atoms with E-state index in [0.717, 1.165) is 19.5 Å². The van der Waals surface area contributed by atoms with Gasteiger partial charge in [-0.05, 0) is 35.7 Å². The highest BCUT2D eigenvalue weighted by atomic mass is 19.1. The summed E-state index contributed by atoms with van der Waals surface area (Å²) >= 11 is 0. The lowest BCUT2D eigenvalue weighted by molar-refractivity contribution is 0.0453. The van der Waals surface area contributed by atoms with Crippen LogP contribution >= 0.6 is 0 Å². The molecule has 1 fully saturated rings. The molecule has 2 aliphatic heterocycles. The van der Waals surface area contributed by atoms with Gasteiger partial charge >= 0.3 is 0 Å². The first-order valence-corrected chi connectivity index (χ1v) is 8.09. The minimum absolute atomic E-state index is 0.0767. The van der Waals surface area contributed by atoms with E-state index in [0.29, 0.717) is 18.7 Å². The van der Waals surface area contributed by atoms with Crippen LogP contribution < -0.4 is 0 Å². The Morgan fingerprint density at radius 2 is 1.91 bits per heavy atom. The molecule has 1 unspecified atom stereocenters. The van der Waals surface area contributed by atoms with Gasteiger partial charge in [-0.25, -0.2) is 4.39 Å². The molecule has 23 heavy (non-hydrogen) atoms. The van der Waals surface area contributed by atoms with E-state index in [9.17, 15) is 9.18 Å². The fourth-order valence-corrected chi connectivity index (χ4v) is 3.72. The van der Waals surface area contributed by atoms with Crippen LogP contribution in [0.2, 0.25) is 0 Å². The second-order valence-corrected chi connectivity index (χ2v) is 6.26. The Balaban J connectivity index is 1.59. The van der Waals surface area contributed by atoms with Gasteiger partial charge in [0.25, 0.3) is 5.91 Å². The van der Waals surface area contributed by atoms with Crippen LogP contribution in [0.1, 0.15) is 27.5 Å². The van der Waals surface area contributed by atoms with Gasteiger partial charge in [-0.3, -0.25) is 9.69 Å². The largest absolute Gasteiger partial charge is 0.335 e. The van der Waals surface area contributed by atoms with Crippen LogP contribution in [0.25, 0.3) is 0 Å². The molecule has 2 aromatic rings. The maximum absolute atomic E-state index is 13.4. The summed E-state index contributed by atoms with van der Waals surface area (Å²) in [5, 5.41) is 0. The Labute approximate surface area is 135 Å². The molecule has 0 aromatic heterocycles. The van der Waals surface area contributed by atoms with Crippen LogP contribution in [-0.2, 0) is 6.42 Å². The molecule has 3 nitrogen and oxygen atoms in total. The zero-order chi connectivity index (χ0) is 15.8. The predicted octanol–water partition coefficient (Wildman–Crippen LogP) is 2.88. The highest BCUT2D eigenvalue weighted by Gasteiger charge is 2.34. The molecule has 2 aromatic carbocycles. The summed E-state index contributed by atoms with van der Waals surface area (Å²) < 4.78 is 13.4. The van der Waals surface area contributed by atoms with Crippen LogP contribution in [0.3, 0.4) is 0 Å². The standard InChI is InChI=1S/C19H19FN2O/c20-16-6-3-5-15(12-16)19(23)22-11-10-21-9-8-14-4-1-2-7-17(14)18(21)13-22/h1-7,12,18H,8-11,13H2. The number of hydrogen-bond acceptors (Lipinski definition) is 2. The third-order valence-corrected chi connectivity index (χ3v) is 4.93. The van der Waals surface area contributed by atoms with Crippen LogP contribution in [0.4, 0.5) is 4.39 Å². The maximum Gasteiger partial charge on any atom is 0.254 e. The van der Waals surface area contributed by atoms with Crippen molar-refractivity contribution in [1.82, 2.24) is 9.80 Å². The monoisotopic (exact) mass is 310 g/mol. The summed E-state index contributed by atoms with van der Waals surface area (Å²) in [6, 6.07) is 14.7. The fraction of sp³-hybridized carbons (Fsp3) is 0.316. The van der Waals surface area contributed by atoms with Crippen molar-refractivity contribution in [1.29, 1.82) is 0 Å². The number of rotatable bonds is 1. The van der Waals surface area contributed by atoms with Crippen molar-refractivity contribution in [2.45, 2.75) is 12.5 Å². The third kappa shape index (κ3) is 2.63. The van der Waals surface area contributed by atoms with E-state index in [1.807, 2.05) is 4.90 Å². The Kier molecular flexibility index (Phi) is 3.62. The molecule has 0 aliphatic carbocycles. The molecule has 2 heterocycles. The molecule has 1 amide bonds. The highest BCUT2D eigenvalue weighted by molar-refractivity contribution is 5.94. The third-order valence-electron chi connectivity index (χ3n) is 4.93. The fourth-order valence-electron chi connectivity index (χ4n) is 3.72.